The Morgan fingerprint density at radius 1 is 1.75 bits per heavy atom. The van der Waals surface area contributed by atoms with Gasteiger partial charge in [-0.1, -0.05) is 11.6 Å². The molecule has 1 aromatic heterocycles. The number of hydrogen-bond donors (Lipinski definition) is 0. The highest BCUT2D eigenvalue weighted by Crippen LogP contribution is 1.99. The van der Waals surface area contributed by atoms with E-state index in [2.05, 4.69) is 9.72 Å². The van der Waals surface area contributed by atoms with Crippen molar-refractivity contribution in [1.29, 1.82) is 5.26 Å². The molecular formula is C9H8ClN3O3. The SMILES string of the molecule is CCOC(=O)Cn1c(C#N)cnc(Cl)c1=O. The number of nitriles is 1. The molecule has 0 atom stereocenters. The molecule has 0 unspecified atom stereocenters. The molecule has 0 aromatic carbocycles. The second kappa shape index (κ2) is 5.28. The standard InChI is InChI=1S/C9H8ClN3O3/c1-2-16-7(14)5-13-6(3-11)4-12-8(10)9(13)15/h4H,2,5H2,1H3. The van der Waals surface area contributed by atoms with Crippen LogP contribution in [0.3, 0.4) is 0 Å². The fourth-order valence-electron chi connectivity index (χ4n) is 1.05. The predicted octanol–water partition coefficient (Wildman–Crippen LogP) is 0.331. The van der Waals surface area contributed by atoms with E-state index in [0.29, 0.717) is 0 Å². The minimum Gasteiger partial charge on any atom is -0.465 e. The third kappa shape index (κ3) is 2.58. The van der Waals surface area contributed by atoms with Crippen molar-refractivity contribution in [3.63, 3.8) is 0 Å². The highest BCUT2D eigenvalue weighted by Gasteiger charge is 2.12. The molecular weight excluding hydrogens is 234 g/mol. The number of ether oxygens (including phenoxy) is 1. The summed E-state index contributed by atoms with van der Waals surface area (Å²) in [4.78, 5) is 26.2. The van der Waals surface area contributed by atoms with Crippen molar-refractivity contribution in [2.45, 2.75) is 13.5 Å². The van der Waals surface area contributed by atoms with Crippen LogP contribution in [-0.4, -0.2) is 22.1 Å². The van der Waals surface area contributed by atoms with Gasteiger partial charge in [-0.2, -0.15) is 5.26 Å². The summed E-state index contributed by atoms with van der Waals surface area (Å²) < 4.78 is 5.59. The number of hydrogen-bond acceptors (Lipinski definition) is 5. The minimum absolute atomic E-state index is 0.0394. The number of carbonyl (C=O) groups excluding carboxylic acids is 1. The first-order valence-corrected chi connectivity index (χ1v) is 4.79. The summed E-state index contributed by atoms with van der Waals surface area (Å²) in [6.45, 7) is 1.50. The lowest BCUT2D eigenvalue weighted by atomic mass is 10.4. The van der Waals surface area contributed by atoms with Crippen molar-refractivity contribution in [2.75, 3.05) is 6.61 Å². The number of halogens is 1. The number of carbonyl (C=O) groups is 1. The molecule has 1 aromatic rings. The second-order valence-corrected chi connectivity index (χ2v) is 3.10. The maximum Gasteiger partial charge on any atom is 0.326 e. The molecule has 7 heteroatoms. The molecule has 6 nitrogen and oxygen atoms in total. The van der Waals surface area contributed by atoms with Gasteiger partial charge in [-0.3, -0.25) is 14.2 Å². The van der Waals surface area contributed by atoms with E-state index in [1.54, 1.807) is 13.0 Å². The second-order valence-electron chi connectivity index (χ2n) is 2.74. The normalized spacial score (nSPS) is 9.56. The summed E-state index contributed by atoms with van der Waals surface area (Å²) in [5, 5.41) is 8.44. The molecule has 0 aliphatic heterocycles. The van der Waals surface area contributed by atoms with Gasteiger partial charge in [0, 0.05) is 0 Å². The lowest BCUT2D eigenvalue weighted by Gasteiger charge is -2.06. The van der Waals surface area contributed by atoms with Crippen LogP contribution in [0.1, 0.15) is 12.6 Å². The summed E-state index contributed by atoms with van der Waals surface area (Å²) in [7, 11) is 0. The van der Waals surface area contributed by atoms with Gasteiger partial charge in [-0.25, -0.2) is 4.98 Å². The quantitative estimate of drug-likeness (QED) is 0.712. The molecule has 84 valence electrons. The van der Waals surface area contributed by atoms with Crippen LogP contribution in [0.4, 0.5) is 0 Å². The van der Waals surface area contributed by atoms with Crippen molar-refractivity contribution in [3.05, 3.63) is 27.4 Å². The van der Waals surface area contributed by atoms with E-state index in [-0.39, 0.29) is 24.0 Å². The molecule has 0 aliphatic carbocycles. The van der Waals surface area contributed by atoms with Crippen molar-refractivity contribution < 1.29 is 9.53 Å². The van der Waals surface area contributed by atoms with Crippen molar-refractivity contribution in [1.82, 2.24) is 9.55 Å². The first-order valence-electron chi connectivity index (χ1n) is 4.41. The largest absolute Gasteiger partial charge is 0.465 e. The Bertz CT molecular complexity index is 504. The Hall–Kier alpha value is -1.87. The van der Waals surface area contributed by atoms with Crippen molar-refractivity contribution in [3.8, 4) is 6.07 Å². The molecule has 0 radical (unpaired) electrons. The average Bonchev–Trinajstić information content (AvgIpc) is 2.25. The zero-order valence-electron chi connectivity index (χ0n) is 8.44. The van der Waals surface area contributed by atoms with Crippen LogP contribution in [0.2, 0.25) is 5.15 Å². The molecule has 0 N–H and O–H groups in total. The summed E-state index contributed by atoms with van der Waals surface area (Å²) >= 11 is 5.50. The Morgan fingerprint density at radius 2 is 2.44 bits per heavy atom. The van der Waals surface area contributed by atoms with Crippen LogP contribution >= 0.6 is 11.6 Å². The van der Waals surface area contributed by atoms with E-state index in [0.717, 1.165) is 10.8 Å². The molecule has 0 bridgehead atoms. The third-order valence-corrected chi connectivity index (χ3v) is 1.98. The fraction of sp³-hybridized carbons (Fsp3) is 0.333. The van der Waals surface area contributed by atoms with Crippen LogP contribution < -0.4 is 5.56 Å². The number of esters is 1. The zero-order chi connectivity index (χ0) is 12.1. The maximum absolute atomic E-state index is 11.5. The Kier molecular flexibility index (Phi) is 4.03. The topological polar surface area (TPSA) is 85.0 Å². The summed E-state index contributed by atoms with van der Waals surface area (Å²) in [5.74, 6) is -0.608. The minimum atomic E-state index is -0.686. The van der Waals surface area contributed by atoms with Gasteiger partial charge in [-0.05, 0) is 6.92 Å². The van der Waals surface area contributed by atoms with Gasteiger partial charge >= 0.3 is 5.97 Å². The molecule has 1 heterocycles. The molecule has 1 rings (SSSR count). The molecule has 0 spiro atoms. The molecule has 0 saturated carbocycles. The third-order valence-electron chi connectivity index (χ3n) is 1.72. The lowest BCUT2D eigenvalue weighted by Crippen LogP contribution is -2.28. The van der Waals surface area contributed by atoms with Crippen LogP contribution in [0.15, 0.2) is 11.0 Å². The van der Waals surface area contributed by atoms with E-state index in [1.165, 1.54) is 0 Å². The van der Waals surface area contributed by atoms with Crippen LogP contribution in [-0.2, 0) is 16.1 Å². The van der Waals surface area contributed by atoms with Crippen LogP contribution in [0, 0.1) is 11.3 Å². The Labute approximate surface area is 96.0 Å². The van der Waals surface area contributed by atoms with E-state index in [1.807, 2.05) is 0 Å². The van der Waals surface area contributed by atoms with E-state index >= 15 is 0 Å². The fourth-order valence-corrected chi connectivity index (χ4v) is 1.20. The van der Waals surface area contributed by atoms with Crippen molar-refractivity contribution in [2.24, 2.45) is 0 Å². The first kappa shape index (κ1) is 12.2. The molecule has 0 fully saturated rings. The maximum atomic E-state index is 11.5. The van der Waals surface area contributed by atoms with Crippen LogP contribution in [0.5, 0.6) is 0 Å². The number of aromatic nitrogens is 2. The average molecular weight is 242 g/mol. The monoisotopic (exact) mass is 241 g/mol. The van der Waals surface area contributed by atoms with E-state index in [4.69, 9.17) is 16.9 Å². The Balaban J connectivity index is 3.12. The molecule has 16 heavy (non-hydrogen) atoms. The van der Waals surface area contributed by atoms with Gasteiger partial charge in [0.15, 0.2) is 5.15 Å². The van der Waals surface area contributed by atoms with Crippen molar-refractivity contribution >= 4 is 17.6 Å². The van der Waals surface area contributed by atoms with Crippen LogP contribution in [0.25, 0.3) is 0 Å². The highest BCUT2D eigenvalue weighted by atomic mass is 35.5. The number of rotatable bonds is 3. The highest BCUT2D eigenvalue weighted by molar-refractivity contribution is 6.29. The lowest BCUT2D eigenvalue weighted by molar-refractivity contribution is -0.143. The number of nitrogens with zero attached hydrogens (tertiary/aromatic N) is 3. The zero-order valence-corrected chi connectivity index (χ0v) is 9.19. The summed E-state index contributed by atoms with van der Waals surface area (Å²) in [6.07, 6.45) is 1.13. The first-order chi connectivity index (χ1) is 7.60. The van der Waals surface area contributed by atoms with Gasteiger partial charge in [-0.15, -0.1) is 0 Å². The van der Waals surface area contributed by atoms with Gasteiger partial charge in [0.2, 0.25) is 0 Å². The van der Waals surface area contributed by atoms with Gasteiger partial charge in [0.05, 0.1) is 12.8 Å². The Morgan fingerprint density at radius 3 is 3.00 bits per heavy atom. The summed E-state index contributed by atoms with van der Waals surface area (Å²) in [5.41, 5.74) is -0.726. The summed E-state index contributed by atoms with van der Waals surface area (Å²) in [6, 6.07) is 1.75. The molecule has 0 aliphatic rings. The van der Waals surface area contributed by atoms with Gasteiger partial charge in [0.1, 0.15) is 18.3 Å². The van der Waals surface area contributed by atoms with Gasteiger partial charge in [0.25, 0.3) is 5.56 Å². The smallest absolute Gasteiger partial charge is 0.326 e. The molecule has 0 saturated heterocycles. The van der Waals surface area contributed by atoms with E-state index in [9.17, 15) is 9.59 Å². The van der Waals surface area contributed by atoms with E-state index < -0.39 is 11.5 Å². The van der Waals surface area contributed by atoms with Gasteiger partial charge < -0.3 is 4.74 Å². The molecule has 0 amide bonds. The predicted molar refractivity (Wildman–Crippen MR) is 54.9 cm³/mol.